The van der Waals surface area contributed by atoms with Crippen molar-refractivity contribution in [2.24, 2.45) is 0 Å². The summed E-state index contributed by atoms with van der Waals surface area (Å²) < 4.78 is 47.2. The van der Waals surface area contributed by atoms with Crippen LogP contribution in [0.15, 0.2) is 36.3 Å². The van der Waals surface area contributed by atoms with E-state index in [9.17, 15) is 13.2 Å². The van der Waals surface area contributed by atoms with E-state index in [0.717, 1.165) is 6.08 Å². The quantitative estimate of drug-likeness (QED) is 0.710. The summed E-state index contributed by atoms with van der Waals surface area (Å²) in [6.07, 6.45) is 3.02. The molecule has 0 spiro atoms. The summed E-state index contributed by atoms with van der Waals surface area (Å²) in [4.78, 5) is 1.78. The third-order valence-electron chi connectivity index (χ3n) is 2.57. The number of hydrogen-bond acceptors (Lipinski definition) is 3. The Kier molecular flexibility index (Phi) is 3.42. The van der Waals surface area contributed by atoms with Gasteiger partial charge in [0.25, 0.3) is 0 Å². The fourth-order valence-corrected chi connectivity index (χ4v) is 1.67. The fourth-order valence-electron chi connectivity index (χ4n) is 1.67. The van der Waals surface area contributed by atoms with Gasteiger partial charge in [0.15, 0.2) is 6.79 Å². The van der Waals surface area contributed by atoms with E-state index >= 15 is 0 Å². The van der Waals surface area contributed by atoms with Crippen molar-refractivity contribution in [3.63, 3.8) is 0 Å². The molecule has 1 heterocycles. The van der Waals surface area contributed by atoms with E-state index in [1.165, 1.54) is 18.4 Å². The highest BCUT2D eigenvalue weighted by Gasteiger charge is 2.33. The molecule has 0 aromatic rings. The van der Waals surface area contributed by atoms with Gasteiger partial charge in [-0.3, -0.25) is 0 Å². The predicted octanol–water partition coefficient (Wildman–Crippen LogP) is 2.54. The maximum Gasteiger partial charge on any atom is 0.416 e. The zero-order chi connectivity index (χ0) is 12.3. The number of hydrogen-bond donors (Lipinski definition) is 0. The Bertz CT molecular complexity index is 360. The van der Waals surface area contributed by atoms with Crippen LogP contribution in [0.4, 0.5) is 13.2 Å². The standard InChI is InChI=1S/C11H12F3NO2/c12-11(13,14)9-1-3-10(4-2-9)15-5-6-16-8-17-7-15/h1-3,5-6,10H,4,7-8H2. The third-order valence-corrected chi connectivity index (χ3v) is 2.57. The van der Waals surface area contributed by atoms with Gasteiger partial charge in [0.2, 0.25) is 0 Å². The van der Waals surface area contributed by atoms with E-state index in [-0.39, 0.29) is 12.8 Å². The highest BCUT2D eigenvalue weighted by Crippen LogP contribution is 2.30. The van der Waals surface area contributed by atoms with Crippen LogP contribution in [0.25, 0.3) is 0 Å². The third kappa shape index (κ3) is 3.03. The van der Waals surface area contributed by atoms with Crippen molar-refractivity contribution < 1.29 is 22.6 Å². The van der Waals surface area contributed by atoms with Crippen molar-refractivity contribution in [1.29, 1.82) is 0 Å². The summed E-state index contributed by atoms with van der Waals surface area (Å²) in [5.74, 6) is 0. The van der Waals surface area contributed by atoms with Crippen LogP contribution >= 0.6 is 0 Å². The Morgan fingerprint density at radius 2 is 2.18 bits per heavy atom. The highest BCUT2D eigenvalue weighted by molar-refractivity contribution is 5.29. The molecule has 0 bridgehead atoms. The molecule has 6 heteroatoms. The van der Waals surface area contributed by atoms with Crippen LogP contribution in [0.3, 0.4) is 0 Å². The van der Waals surface area contributed by atoms with Crippen LogP contribution in [0.2, 0.25) is 0 Å². The van der Waals surface area contributed by atoms with Crippen LogP contribution in [-0.4, -0.2) is 30.6 Å². The Hall–Kier alpha value is -1.43. The molecule has 0 N–H and O–H groups in total. The molecule has 0 radical (unpaired) electrons. The molecule has 94 valence electrons. The van der Waals surface area contributed by atoms with Gasteiger partial charge in [0, 0.05) is 6.20 Å². The van der Waals surface area contributed by atoms with E-state index < -0.39 is 11.7 Å². The summed E-state index contributed by atoms with van der Waals surface area (Å²) in [6.45, 7) is 0.466. The van der Waals surface area contributed by atoms with E-state index in [4.69, 9.17) is 9.47 Å². The molecule has 0 amide bonds. The topological polar surface area (TPSA) is 21.7 Å². The molecule has 3 nitrogen and oxygen atoms in total. The molecule has 1 unspecified atom stereocenters. The van der Waals surface area contributed by atoms with Gasteiger partial charge in [-0.2, -0.15) is 13.2 Å². The minimum atomic E-state index is -4.27. The molecule has 2 aliphatic rings. The van der Waals surface area contributed by atoms with Gasteiger partial charge in [0.05, 0.1) is 11.6 Å². The number of alkyl halides is 3. The molecule has 1 aliphatic carbocycles. The average molecular weight is 247 g/mol. The van der Waals surface area contributed by atoms with Gasteiger partial charge < -0.3 is 14.4 Å². The summed E-state index contributed by atoms with van der Waals surface area (Å²) in [5, 5.41) is 0. The second kappa shape index (κ2) is 4.83. The largest absolute Gasteiger partial charge is 0.474 e. The van der Waals surface area contributed by atoms with Crippen molar-refractivity contribution in [3.05, 3.63) is 36.3 Å². The van der Waals surface area contributed by atoms with Gasteiger partial charge in [-0.15, -0.1) is 0 Å². The number of halogens is 3. The van der Waals surface area contributed by atoms with E-state index in [2.05, 4.69) is 0 Å². The maximum absolute atomic E-state index is 12.4. The number of rotatable bonds is 1. The minimum absolute atomic E-state index is 0.126. The lowest BCUT2D eigenvalue weighted by atomic mass is 10.0. The smallest absolute Gasteiger partial charge is 0.416 e. The highest BCUT2D eigenvalue weighted by atomic mass is 19.4. The Balaban J connectivity index is 1.99. The van der Waals surface area contributed by atoms with Crippen molar-refractivity contribution >= 4 is 0 Å². The van der Waals surface area contributed by atoms with E-state index in [1.807, 2.05) is 0 Å². The first kappa shape index (κ1) is 12.0. The Labute approximate surface area is 96.8 Å². The molecule has 1 atom stereocenters. The lowest BCUT2D eigenvalue weighted by Gasteiger charge is -2.28. The fraction of sp³-hybridized carbons (Fsp3) is 0.455. The van der Waals surface area contributed by atoms with Crippen LogP contribution in [-0.2, 0) is 9.47 Å². The SMILES string of the molecule is FC(F)(F)C1=CCC(N2C=COCOC2)C=C1. The zero-order valence-electron chi connectivity index (χ0n) is 8.98. The number of nitrogens with zero attached hydrogens (tertiary/aromatic N) is 1. The Morgan fingerprint density at radius 3 is 2.82 bits per heavy atom. The van der Waals surface area contributed by atoms with Gasteiger partial charge in [-0.05, 0) is 6.42 Å². The summed E-state index contributed by atoms with van der Waals surface area (Å²) in [6, 6.07) is -0.126. The molecule has 0 saturated carbocycles. The molecular weight excluding hydrogens is 235 g/mol. The predicted molar refractivity (Wildman–Crippen MR) is 54.6 cm³/mol. The van der Waals surface area contributed by atoms with Crippen LogP contribution in [0, 0.1) is 0 Å². The van der Waals surface area contributed by atoms with Crippen LogP contribution in [0.1, 0.15) is 6.42 Å². The van der Waals surface area contributed by atoms with Crippen molar-refractivity contribution in [2.45, 2.75) is 18.6 Å². The van der Waals surface area contributed by atoms with Crippen molar-refractivity contribution in [2.75, 3.05) is 13.5 Å². The summed E-state index contributed by atoms with van der Waals surface area (Å²) in [7, 11) is 0. The number of ether oxygens (including phenoxy) is 2. The van der Waals surface area contributed by atoms with Crippen molar-refractivity contribution in [1.82, 2.24) is 4.90 Å². The lowest BCUT2D eigenvalue weighted by molar-refractivity contribution is -0.0888. The molecule has 1 aliphatic heterocycles. The first-order valence-corrected chi connectivity index (χ1v) is 5.15. The zero-order valence-corrected chi connectivity index (χ0v) is 8.98. The summed E-state index contributed by atoms with van der Waals surface area (Å²) in [5.41, 5.74) is -0.593. The van der Waals surface area contributed by atoms with Gasteiger partial charge >= 0.3 is 6.18 Å². The van der Waals surface area contributed by atoms with E-state index in [0.29, 0.717) is 13.2 Å². The normalized spacial score (nSPS) is 25.2. The Morgan fingerprint density at radius 1 is 1.35 bits per heavy atom. The average Bonchev–Trinajstić information content (AvgIpc) is 2.56. The maximum atomic E-state index is 12.4. The molecule has 17 heavy (non-hydrogen) atoms. The molecule has 0 fully saturated rings. The molecule has 2 rings (SSSR count). The molecule has 0 saturated heterocycles. The molecule has 0 aromatic heterocycles. The monoisotopic (exact) mass is 247 g/mol. The first-order valence-electron chi connectivity index (χ1n) is 5.15. The van der Waals surface area contributed by atoms with Gasteiger partial charge in [-0.25, -0.2) is 0 Å². The van der Waals surface area contributed by atoms with E-state index in [1.54, 1.807) is 11.1 Å². The first-order chi connectivity index (χ1) is 8.07. The van der Waals surface area contributed by atoms with Crippen LogP contribution in [0.5, 0.6) is 0 Å². The van der Waals surface area contributed by atoms with Gasteiger partial charge in [0.1, 0.15) is 13.0 Å². The summed E-state index contributed by atoms with van der Waals surface area (Å²) >= 11 is 0. The minimum Gasteiger partial charge on any atom is -0.474 e. The van der Waals surface area contributed by atoms with Gasteiger partial charge in [-0.1, -0.05) is 18.2 Å². The molecular formula is C11H12F3NO2. The van der Waals surface area contributed by atoms with Crippen molar-refractivity contribution in [3.8, 4) is 0 Å². The lowest BCUT2D eigenvalue weighted by Crippen LogP contribution is -2.32. The number of allylic oxidation sites excluding steroid dienone is 2. The van der Waals surface area contributed by atoms with Crippen LogP contribution < -0.4 is 0 Å². The molecule has 0 aromatic carbocycles. The second-order valence-electron chi connectivity index (χ2n) is 3.74. The second-order valence-corrected chi connectivity index (χ2v) is 3.74.